The summed E-state index contributed by atoms with van der Waals surface area (Å²) in [6.07, 6.45) is 3.04. The van der Waals surface area contributed by atoms with Crippen LogP contribution in [0.15, 0.2) is 30.3 Å². The van der Waals surface area contributed by atoms with Gasteiger partial charge in [-0.25, -0.2) is 0 Å². The Morgan fingerprint density at radius 2 is 2.00 bits per heavy atom. The fraction of sp³-hybridized carbons (Fsp3) is 0.533. The number of rotatable bonds is 8. The Balaban J connectivity index is 2.48. The van der Waals surface area contributed by atoms with Crippen LogP contribution in [0.2, 0.25) is 0 Å². The number of amides is 1. The molecule has 3 unspecified atom stereocenters. The lowest BCUT2D eigenvalue weighted by Gasteiger charge is -2.19. The van der Waals surface area contributed by atoms with Gasteiger partial charge in [-0.2, -0.15) is 0 Å². The van der Waals surface area contributed by atoms with E-state index < -0.39 is 10.8 Å². The highest BCUT2D eigenvalue weighted by Crippen LogP contribution is 2.08. The first-order valence-corrected chi connectivity index (χ1v) is 8.60. The van der Waals surface area contributed by atoms with Crippen LogP contribution in [0.25, 0.3) is 0 Å². The summed E-state index contributed by atoms with van der Waals surface area (Å²) in [6.45, 7) is 2.26. The Bertz CT molecular complexity index is 437. The van der Waals surface area contributed by atoms with E-state index in [-0.39, 0.29) is 17.9 Å². The molecule has 0 aliphatic rings. The Hall–Kier alpha value is -1.20. The van der Waals surface area contributed by atoms with Gasteiger partial charge in [0.2, 0.25) is 5.91 Å². The fourth-order valence-electron chi connectivity index (χ4n) is 1.96. The van der Waals surface area contributed by atoms with E-state index >= 15 is 0 Å². The molecule has 0 bridgehead atoms. The average molecular weight is 296 g/mol. The first-order valence-electron chi connectivity index (χ1n) is 6.87. The number of benzene rings is 1. The summed E-state index contributed by atoms with van der Waals surface area (Å²) in [5.74, 6) is 0.366. The van der Waals surface area contributed by atoms with E-state index in [0.29, 0.717) is 18.7 Å². The van der Waals surface area contributed by atoms with Crippen LogP contribution < -0.4 is 11.1 Å². The topological polar surface area (TPSA) is 72.2 Å². The van der Waals surface area contributed by atoms with Crippen molar-refractivity contribution < 1.29 is 9.00 Å². The normalized spacial score (nSPS) is 15.3. The van der Waals surface area contributed by atoms with Crippen molar-refractivity contribution in [2.75, 3.05) is 18.6 Å². The van der Waals surface area contributed by atoms with Crippen molar-refractivity contribution >= 4 is 16.7 Å². The van der Waals surface area contributed by atoms with Crippen LogP contribution in [0.5, 0.6) is 0 Å². The van der Waals surface area contributed by atoms with E-state index in [2.05, 4.69) is 5.32 Å². The molecule has 0 aliphatic carbocycles. The summed E-state index contributed by atoms with van der Waals surface area (Å²) in [7, 11) is -0.821. The molecular formula is C15H24N2O2S. The van der Waals surface area contributed by atoms with Gasteiger partial charge in [-0.3, -0.25) is 9.00 Å². The Morgan fingerprint density at radius 3 is 2.55 bits per heavy atom. The minimum Gasteiger partial charge on any atom is -0.353 e. The van der Waals surface area contributed by atoms with E-state index in [1.165, 1.54) is 0 Å². The van der Waals surface area contributed by atoms with Crippen molar-refractivity contribution in [2.24, 2.45) is 11.7 Å². The van der Waals surface area contributed by atoms with Gasteiger partial charge in [0.1, 0.15) is 0 Å². The number of nitrogens with one attached hydrogen (secondary N) is 1. The molecule has 1 rings (SSSR count). The zero-order chi connectivity index (χ0) is 15.0. The summed E-state index contributed by atoms with van der Waals surface area (Å²) in [5, 5.41) is 2.95. The third-order valence-corrected chi connectivity index (χ3v) is 4.02. The number of hydrogen-bond donors (Lipinski definition) is 2. The van der Waals surface area contributed by atoms with E-state index in [9.17, 15) is 9.00 Å². The first kappa shape index (κ1) is 16.9. The number of carbonyl (C=O) groups is 1. The molecule has 3 atom stereocenters. The van der Waals surface area contributed by atoms with Gasteiger partial charge in [-0.05, 0) is 25.3 Å². The Labute approximate surface area is 123 Å². The van der Waals surface area contributed by atoms with E-state index in [0.717, 1.165) is 12.0 Å². The van der Waals surface area contributed by atoms with Crippen molar-refractivity contribution in [3.8, 4) is 0 Å². The molecule has 1 amide bonds. The molecule has 4 nitrogen and oxygen atoms in total. The summed E-state index contributed by atoms with van der Waals surface area (Å²) in [5.41, 5.74) is 6.82. The van der Waals surface area contributed by atoms with Gasteiger partial charge in [0.05, 0.1) is 5.92 Å². The zero-order valence-corrected chi connectivity index (χ0v) is 13.0. The molecule has 0 saturated carbocycles. The molecule has 0 spiro atoms. The van der Waals surface area contributed by atoms with E-state index in [4.69, 9.17) is 5.73 Å². The highest BCUT2D eigenvalue weighted by molar-refractivity contribution is 7.84. The molecule has 0 radical (unpaired) electrons. The van der Waals surface area contributed by atoms with Crippen LogP contribution in [0.4, 0.5) is 0 Å². The van der Waals surface area contributed by atoms with Crippen molar-refractivity contribution in [2.45, 2.75) is 25.8 Å². The highest BCUT2D eigenvalue weighted by Gasteiger charge is 2.19. The SMILES string of the molecule is CC(CCS(C)=O)NC(=O)C(CN)Cc1ccccc1. The predicted molar refractivity (Wildman–Crippen MR) is 83.8 cm³/mol. The third kappa shape index (κ3) is 6.30. The summed E-state index contributed by atoms with van der Waals surface area (Å²) < 4.78 is 11.0. The van der Waals surface area contributed by atoms with Gasteiger partial charge in [0.25, 0.3) is 0 Å². The van der Waals surface area contributed by atoms with Crippen molar-refractivity contribution in [3.05, 3.63) is 35.9 Å². The molecule has 3 N–H and O–H groups in total. The Morgan fingerprint density at radius 1 is 1.35 bits per heavy atom. The lowest BCUT2D eigenvalue weighted by atomic mass is 9.98. The lowest BCUT2D eigenvalue weighted by Crippen LogP contribution is -2.41. The van der Waals surface area contributed by atoms with Gasteiger partial charge < -0.3 is 11.1 Å². The third-order valence-electron chi connectivity index (χ3n) is 3.21. The zero-order valence-electron chi connectivity index (χ0n) is 12.2. The molecule has 0 fully saturated rings. The van der Waals surface area contributed by atoms with Crippen LogP contribution >= 0.6 is 0 Å². The molecule has 112 valence electrons. The van der Waals surface area contributed by atoms with Crippen LogP contribution in [0.1, 0.15) is 18.9 Å². The van der Waals surface area contributed by atoms with Gasteiger partial charge in [-0.15, -0.1) is 0 Å². The maximum atomic E-state index is 12.2. The Kier molecular flexibility index (Phi) is 7.47. The molecule has 0 aliphatic heterocycles. The molecule has 20 heavy (non-hydrogen) atoms. The average Bonchev–Trinajstić information content (AvgIpc) is 2.43. The molecular weight excluding hydrogens is 272 g/mol. The molecule has 1 aromatic carbocycles. The van der Waals surface area contributed by atoms with Gasteiger partial charge in [0, 0.05) is 35.4 Å². The van der Waals surface area contributed by atoms with Gasteiger partial charge in [0.15, 0.2) is 0 Å². The predicted octanol–water partition coefficient (Wildman–Crippen LogP) is 1.08. The highest BCUT2D eigenvalue weighted by atomic mass is 32.2. The van der Waals surface area contributed by atoms with Crippen molar-refractivity contribution in [1.82, 2.24) is 5.32 Å². The maximum Gasteiger partial charge on any atom is 0.224 e. The van der Waals surface area contributed by atoms with Gasteiger partial charge in [-0.1, -0.05) is 30.3 Å². The second-order valence-corrected chi connectivity index (χ2v) is 6.65. The lowest BCUT2D eigenvalue weighted by molar-refractivity contribution is -0.125. The van der Waals surface area contributed by atoms with E-state index in [1.807, 2.05) is 37.3 Å². The van der Waals surface area contributed by atoms with E-state index in [1.54, 1.807) is 6.26 Å². The van der Waals surface area contributed by atoms with Crippen molar-refractivity contribution in [1.29, 1.82) is 0 Å². The summed E-state index contributed by atoms with van der Waals surface area (Å²) >= 11 is 0. The summed E-state index contributed by atoms with van der Waals surface area (Å²) in [6, 6.07) is 9.89. The van der Waals surface area contributed by atoms with Gasteiger partial charge >= 0.3 is 0 Å². The standard InChI is InChI=1S/C15H24N2O2S/c1-12(8-9-20(2)19)17-15(18)14(11-16)10-13-6-4-3-5-7-13/h3-7,12,14H,8-11,16H2,1-2H3,(H,17,18). The molecule has 0 aromatic heterocycles. The van der Waals surface area contributed by atoms with Crippen LogP contribution in [-0.2, 0) is 22.0 Å². The molecule has 0 heterocycles. The monoisotopic (exact) mass is 296 g/mol. The minimum absolute atomic E-state index is 0.0225. The second kappa shape index (κ2) is 8.87. The molecule has 5 heteroatoms. The number of nitrogens with two attached hydrogens (primary N) is 1. The van der Waals surface area contributed by atoms with Crippen LogP contribution in [0.3, 0.4) is 0 Å². The minimum atomic E-state index is -0.821. The summed E-state index contributed by atoms with van der Waals surface area (Å²) in [4.78, 5) is 12.2. The van der Waals surface area contributed by atoms with Crippen LogP contribution in [-0.4, -0.2) is 34.7 Å². The number of carbonyl (C=O) groups excluding carboxylic acids is 1. The largest absolute Gasteiger partial charge is 0.353 e. The van der Waals surface area contributed by atoms with Crippen molar-refractivity contribution in [3.63, 3.8) is 0 Å². The molecule has 1 aromatic rings. The fourth-order valence-corrected chi connectivity index (χ4v) is 2.64. The first-order chi connectivity index (χ1) is 9.52. The smallest absolute Gasteiger partial charge is 0.224 e. The second-order valence-electron chi connectivity index (χ2n) is 5.10. The van der Waals surface area contributed by atoms with Crippen LogP contribution in [0, 0.1) is 5.92 Å². The maximum absolute atomic E-state index is 12.2. The number of hydrogen-bond acceptors (Lipinski definition) is 3. The quantitative estimate of drug-likeness (QED) is 0.754. The molecule has 0 saturated heterocycles.